The Bertz CT molecular complexity index is 167. The minimum Gasteiger partial charge on any atom is -0.320 e. The van der Waals surface area contributed by atoms with Crippen LogP contribution in [0.4, 0.5) is 0 Å². The topological polar surface area (TPSA) is 36.8 Å². The van der Waals surface area contributed by atoms with Crippen LogP contribution in [0.5, 0.6) is 0 Å². The molecule has 0 heterocycles. The normalized spacial score (nSPS) is 10.7. The predicted octanol–water partition coefficient (Wildman–Crippen LogP) is 1.57. The van der Waals surface area contributed by atoms with Crippen molar-refractivity contribution in [2.75, 3.05) is 20.1 Å². The summed E-state index contributed by atoms with van der Waals surface area (Å²) in [4.78, 5) is 8.15. The van der Waals surface area contributed by atoms with Gasteiger partial charge in [0.1, 0.15) is 0 Å². The molecule has 0 aliphatic rings. The number of hydrogen-bond acceptors (Lipinski definition) is 3. The molecule has 0 aliphatic carbocycles. The quantitative estimate of drug-likeness (QED) is 0.623. The SMILES string of the molecule is CCN=C=NC(C)(C)CCNC. The lowest BCUT2D eigenvalue weighted by Gasteiger charge is -2.16. The highest BCUT2D eigenvalue weighted by molar-refractivity contribution is 5.42. The molecule has 70 valence electrons. The van der Waals surface area contributed by atoms with Gasteiger partial charge < -0.3 is 5.32 Å². The molecule has 0 bridgehead atoms. The van der Waals surface area contributed by atoms with Crippen molar-refractivity contribution in [3.05, 3.63) is 0 Å². The Balaban J connectivity index is 3.93. The van der Waals surface area contributed by atoms with Gasteiger partial charge in [-0.15, -0.1) is 0 Å². The van der Waals surface area contributed by atoms with Gasteiger partial charge >= 0.3 is 0 Å². The van der Waals surface area contributed by atoms with E-state index < -0.39 is 0 Å². The molecular weight excluding hydrogens is 150 g/mol. The summed E-state index contributed by atoms with van der Waals surface area (Å²) < 4.78 is 0. The molecule has 0 saturated carbocycles. The average molecular weight is 169 g/mol. The highest BCUT2D eigenvalue weighted by Gasteiger charge is 2.13. The maximum Gasteiger partial charge on any atom is 0.0898 e. The van der Waals surface area contributed by atoms with Gasteiger partial charge in [-0.3, -0.25) is 0 Å². The first-order valence-corrected chi connectivity index (χ1v) is 4.40. The number of nitrogens with zero attached hydrogens (tertiary/aromatic N) is 2. The molecule has 0 aromatic heterocycles. The summed E-state index contributed by atoms with van der Waals surface area (Å²) in [5, 5.41) is 3.10. The van der Waals surface area contributed by atoms with Crippen LogP contribution in [-0.4, -0.2) is 31.7 Å². The Morgan fingerprint density at radius 1 is 1.42 bits per heavy atom. The Morgan fingerprint density at radius 2 is 2.08 bits per heavy atom. The highest BCUT2D eigenvalue weighted by Crippen LogP contribution is 2.11. The van der Waals surface area contributed by atoms with E-state index in [4.69, 9.17) is 0 Å². The Labute approximate surface area is 75.0 Å². The lowest BCUT2D eigenvalue weighted by molar-refractivity contribution is 0.471. The molecule has 0 amide bonds. The summed E-state index contributed by atoms with van der Waals surface area (Å²) in [7, 11) is 1.94. The second kappa shape index (κ2) is 5.92. The molecule has 12 heavy (non-hydrogen) atoms. The molecule has 0 rings (SSSR count). The summed E-state index contributed by atoms with van der Waals surface area (Å²) in [5.41, 5.74) is -0.0400. The van der Waals surface area contributed by atoms with E-state index in [2.05, 4.69) is 35.2 Å². The van der Waals surface area contributed by atoms with Crippen LogP contribution in [0.15, 0.2) is 9.98 Å². The lowest BCUT2D eigenvalue weighted by atomic mass is 10.0. The van der Waals surface area contributed by atoms with Crippen LogP contribution in [0, 0.1) is 0 Å². The third-order valence-corrected chi connectivity index (χ3v) is 1.57. The predicted molar refractivity (Wildman–Crippen MR) is 53.0 cm³/mol. The van der Waals surface area contributed by atoms with Gasteiger partial charge in [-0.2, -0.15) is 0 Å². The van der Waals surface area contributed by atoms with E-state index in [9.17, 15) is 0 Å². The summed E-state index contributed by atoms with van der Waals surface area (Å²) in [6.45, 7) is 7.88. The third-order valence-electron chi connectivity index (χ3n) is 1.57. The minimum atomic E-state index is -0.0400. The van der Waals surface area contributed by atoms with Crippen molar-refractivity contribution >= 4 is 6.01 Å². The number of hydrogen-bond donors (Lipinski definition) is 1. The first kappa shape index (κ1) is 11.3. The van der Waals surface area contributed by atoms with Crippen molar-refractivity contribution in [2.24, 2.45) is 9.98 Å². The second-order valence-corrected chi connectivity index (χ2v) is 3.35. The van der Waals surface area contributed by atoms with Crippen molar-refractivity contribution in [1.29, 1.82) is 0 Å². The molecule has 0 fully saturated rings. The molecule has 0 atom stereocenters. The van der Waals surface area contributed by atoms with E-state index >= 15 is 0 Å². The summed E-state index contributed by atoms with van der Waals surface area (Å²) in [6.07, 6.45) is 1.01. The zero-order valence-corrected chi connectivity index (χ0v) is 8.52. The van der Waals surface area contributed by atoms with Gasteiger partial charge in [0.05, 0.1) is 11.5 Å². The van der Waals surface area contributed by atoms with Crippen molar-refractivity contribution < 1.29 is 0 Å². The van der Waals surface area contributed by atoms with Crippen molar-refractivity contribution in [2.45, 2.75) is 32.7 Å². The molecular formula is C9H19N3. The maximum absolute atomic E-state index is 4.23. The number of rotatable bonds is 5. The van der Waals surface area contributed by atoms with E-state index in [1.165, 1.54) is 0 Å². The van der Waals surface area contributed by atoms with Gasteiger partial charge in [0.15, 0.2) is 0 Å². The molecule has 3 heteroatoms. The standard InChI is InChI=1S/C9H19N3/c1-5-11-8-12-9(2,3)6-7-10-4/h10H,5-7H2,1-4H3. The lowest BCUT2D eigenvalue weighted by Crippen LogP contribution is -2.23. The van der Waals surface area contributed by atoms with Crippen LogP contribution >= 0.6 is 0 Å². The smallest absolute Gasteiger partial charge is 0.0898 e. The zero-order valence-electron chi connectivity index (χ0n) is 8.52. The fourth-order valence-electron chi connectivity index (χ4n) is 0.728. The minimum absolute atomic E-state index is 0.0400. The Hall–Kier alpha value is -0.660. The molecule has 1 N–H and O–H groups in total. The molecule has 0 aliphatic heterocycles. The molecule has 0 aromatic carbocycles. The van der Waals surface area contributed by atoms with Gasteiger partial charge in [0.2, 0.25) is 0 Å². The van der Waals surface area contributed by atoms with Crippen molar-refractivity contribution in [1.82, 2.24) is 5.32 Å². The molecule has 0 saturated heterocycles. The van der Waals surface area contributed by atoms with E-state index in [0.717, 1.165) is 19.5 Å². The fourth-order valence-corrected chi connectivity index (χ4v) is 0.728. The van der Waals surface area contributed by atoms with E-state index in [1.54, 1.807) is 0 Å². The van der Waals surface area contributed by atoms with Crippen LogP contribution in [-0.2, 0) is 0 Å². The Kier molecular flexibility index (Phi) is 5.60. The molecule has 0 aromatic rings. The summed E-state index contributed by atoms with van der Waals surface area (Å²) in [6, 6.07) is 2.71. The highest BCUT2D eigenvalue weighted by atomic mass is 14.9. The van der Waals surface area contributed by atoms with E-state index in [1.807, 2.05) is 14.0 Å². The summed E-state index contributed by atoms with van der Waals surface area (Å²) in [5.74, 6) is 0. The summed E-state index contributed by atoms with van der Waals surface area (Å²) >= 11 is 0. The average Bonchev–Trinajstić information content (AvgIpc) is 2.01. The van der Waals surface area contributed by atoms with Gasteiger partial charge in [0.25, 0.3) is 0 Å². The van der Waals surface area contributed by atoms with Crippen LogP contribution in [0.25, 0.3) is 0 Å². The maximum atomic E-state index is 4.23. The van der Waals surface area contributed by atoms with Crippen molar-refractivity contribution in [3.8, 4) is 0 Å². The monoisotopic (exact) mass is 169 g/mol. The number of aliphatic imine (C=N–C) groups is 2. The molecule has 0 spiro atoms. The second-order valence-electron chi connectivity index (χ2n) is 3.35. The number of nitrogens with one attached hydrogen (secondary N) is 1. The van der Waals surface area contributed by atoms with Crippen LogP contribution in [0.3, 0.4) is 0 Å². The Morgan fingerprint density at radius 3 is 2.58 bits per heavy atom. The van der Waals surface area contributed by atoms with Gasteiger partial charge in [-0.1, -0.05) is 0 Å². The first-order chi connectivity index (χ1) is 5.62. The fraction of sp³-hybridized carbons (Fsp3) is 0.889. The molecule has 3 nitrogen and oxygen atoms in total. The van der Waals surface area contributed by atoms with E-state index in [0.29, 0.717) is 0 Å². The third kappa shape index (κ3) is 6.08. The van der Waals surface area contributed by atoms with Crippen LogP contribution in [0.2, 0.25) is 0 Å². The van der Waals surface area contributed by atoms with E-state index in [-0.39, 0.29) is 5.54 Å². The van der Waals surface area contributed by atoms with Gasteiger partial charge in [-0.25, -0.2) is 9.98 Å². The zero-order chi connectivity index (χ0) is 9.45. The van der Waals surface area contributed by atoms with Gasteiger partial charge in [0, 0.05) is 6.54 Å². The molecule has 0 radical (unpaired) electrons. The first-order valence-electron chi connectivity index (χ1n) is 4.40. The van der Waals surface area contributed by atoms with Crippen molar-refractivity contribution in [3.63, 3.8) is 0 Å². The van der Waals surface area contributed by atoms with Crippen LogP contribution < -0.4 is 5.32 Å². The van der Waals surface area contributed by atoms with Crippen LogP contribution in [0.1, 0.15) is 27.2 Å². The largest absolute Gasteiger partial charge is 0.320 e. The van der Waals surface area contributed by atoms with Gasteiger partial charge in [-0.05, 0) is 40.8 Å². The molecule has 0 unspecified atom stereocenters.